The Morgan fingerprint density at radius 3 is 2.18 bits per heavy atom. The first kappa shape index (κ1) is 22.5. The zero-order valence-electron chi connectivity index (χ0n) is 17.8. The molecule has 4 rings (SSSR count). The lowest BCUT2D eigenvalue weighted by atomic mass is 10.1. The van der Waals surface area contributed by atoms with E-state index < -0.39 is 22.0 Å². The van der Waals surface area contributed by atoms with Gasteiger partial charge in [0.2, 0.25) is 15.9 Å². The Balaban J connectivity index is 1.56. The van der Waals surface area contributed by atoms with Crippen molar-refractivity contribution < 1.29 is 18.3 Å². The molecule has 0 radical (unpaired) electrons. The molecule has 0 unspecified atom stereocenters. The molecule has 6 nitrogen and oxygen atoms in total. The van der Waals surface area contributed by atoms with Gasteiger partial charge in [0, 0.05) is 6.54 Å². The number of aromatic hydroxyl groups is 1. The summed E-state index contributed by atoms with van der Waals surface area (Å²) in [5.74, 6) is -0.300. The molecule has 1 amide bonds. The Labute approximate surface area is 193 Å². The first-order chi connectivity index (χ1) is 15.9. The van der Waals surface area contributed by atoms with Gasteiger partial charge in [-0.2, -0.15) is 4.72 Å². The fraction of sp³-hybridized carbons (Fsp3) is 0.115. The monoisotopic (exact) mass is 460 g/mol. The zero-order chi connectivity index (χ0) is 23.3. The second kappa shape index (κ2) is 9.85. The van der Waals surface area contributed by atoms with Crippen molar-refractivity contribution in [1.29, 1.82) is 0 Å². The van der Waals surface area contributed by atoms with Gasteiger partial charge in [0.25, 0.3) is 0 Å². The van der Waals surface area contributed by atoms with E-state index in [9.17, 15) is 18.3 Å². The molecule has 0 spiro atoms. The van der Waals surface area contributed by atoms with Gasteiger partial charge in [-0.3, -0.25) is 4.79 Å². The highest BCUT2D eigenvalue weighted by Crippen LogP contribution is 2.19. The van der Waals surface area contributed by atoms with Crippen LogP contribution in [0.2, 0.25) is 0 Å². The Morgan fingerprint density at radius 1 is 0.788 bits per heavy atom. The van der Waals surface area contributed by atoms with Crippen LogP contribution in [0.25, 0.3) is 10.8 Å². The highest BCUT2D eigenvalue weighted by molar-refractivity contribution is 7.89. The number of hydrogen-bond acceptors (Lipinski definition) is 4. The third-order valence-corrected chi connectivity index (χ3v) is 6.80. The number of benzene rings is 4. The number of carbonyl (C=O) groups excluding carboxylic acids is 1. The molecule has 0 saturated carbocycles. The van der Waals surface area contributed by atoms with Crippen LogP contribution in [0, 0.1) is 0 Å². The van der Waals surface area contributed by atoms with E-state index in [1.807, 2.05) is 54.6 Å². The fourth-order valence-corrected chi connectivity index (χ4v) is 4.78. The van der Waals surface area contributed by atoms with Crippen LogP contribution >= 0.6 is 0 Å². The van der Waals surface area contributed by atoms with Gasteiger partial charge in [-0.1, -0.05) is 72.8 Å². The van der Waals surface area contributed by atoms with Gasteiger partial charge in [0.05, 0.1) is 4.90 Å². The van der Waals surface area contributed by atoms with Crippen molar-refractivity contribution in [3.63, 3.8) is 0 Å². The number of hydrogen-bond donors (Lipinski definition) is 3. The molecule has 7 heteroatoms. The molecule has 0 aromatic heterocycles. The van der Waals surface area contributed by atoms with Gasteiger partial charge < -0.3 is 10.4 Å². The van der Waals surface area contributed by atoms with Gasteiger partial charge in [0.15, 0.2) is 0 Å². The minimum atomic E-state index is -3.95. The van der Waals surface area contributed by atoms with E-state index in [2.05, 4.69) is 10.0 Å². The quantitative estimate of drug-likeness (QED) is 0.373. The third kappa shape index (κ3) is 5.77. The zero-order valence-corrected chi connectivity index (χ0v) is 18.6. The maximum Gasteiger partial charge on any atom is 0.241 e. The van der Waals surface area contributed by atoms with Crippen molar-refractivity contribution in [2.75, 3.05) is 0 Å². The maximum absolute atomic E-state index is 13.2. The molecule has 0 heterocycles. The molecule has 33 heavy (non-hydrogen) atoms. The van der Waals surface area contributed by atoms with Crippen molar-refractivity contribution in [2.24, 2.45) is 0 Å². The first-order valence-corrected chi connectivity index (χ1v) is 12.0. The number of sulfonamides is 1. The summed E-state index contributed by atoms with van der Waals surface area (Å²) < 4.78 is 28.9. The van der Waals surface area contributed by atoms with E-state index in [4.69, 9.17) is 0 Å². The third-order valence-electron chi connectivity index (χ3n) is 5.33. The average Bonchev–Trinajstić information content (AvgIpc) is 2.83. The van der Waals surface area contributed by atoms with Crippen LogP contribution in [0.5, 0.6) is 5.75 Å². The summed E-state index contributed by atoms with van der Waals surface area (Å²) in [5.41, 5.74) is 1.63. The highest BCUT2D eigenvalue weighted by atomic mass is 32.2. The maximum atomic E-state index is 13.2. The number of nitrogens with one attached hydrogen (secondary N) is 2. The second-order valence-electron chi connectivity index (χ2n) is 7.76. The highest BCUT2D eigenvalue weighted by Gasteiger charge is 2.26. The van der Waals surface area contributed by atoms with Crippen molar-refractivity contribution in [3.05, 3.63) is 108 Å². The standard InChI is InChI=1S/C26H24N2O4S/c29-23-13-10-20(11-14-23)18-27-26(30)25(16-19-6-2-1-3-7-19)28-33(31,32)24-15-12-21-8-4-5-9-22(21)17-24/h1-15,17,25,28-29H,16,18H2,(H,27,30)/t25-/m0/s1. The lowest BCUT2D eigenvalue weighted by Crippen LogP contribution is -2.47. The molecule has 1 atom stereocenters. The lowest BCUT2D eigenvalue weighted by Gasteiger charge is -2.19. The Morgan fingerprint density at radius 2 is 1.45 bits per heavy atom. The summed E-state index contributed by atoms with van der Waals surface area (Å²) in [5, 5.41) is 14.0. The van der Waals surface area contributed by atoms with Crippen LogP contribution in [-0.4, -0.2) is 25.5 Å². The summed E-state index contributed by atoms with van der Waals surface area (Å²) in [6.07, 6.45) is 0.203. The first-order valence-electron chi connectivity index (χ1n) is 10.5. The van der Waals surface area contributed by atoms with Gasteiger partial charge in [-0.15, -0.1) is 0 Å². The Bertz CT molecular complexity index is 1350. The smallest absolute Gasteiger partial charge is 0.241 e. The second-order valence-corrected chi connectivity index (χ2v) is 9.47. The summed E-state index contributed by atoms with van der Waals surface area (Å²) in [7, 11) is -3.95. The summed E-state index contributed by atoms with van der Waals surface area (Å²) in [6.45, 7) is 0.210. The van der Waals surface area contributed by atoms with E-state index >= 15 is 0 Å². The summed E-state index contributed by atoms with van der Waals surface area (Å²) in [6, 6.07) is 27.1. The van der Waals surface area contributed by atoms with Crippen LogP contribution in [0.3, 0.4) is 0 Å². The fourth-order valence-electron chi connectivity index (χ4n) is 3.55. The normalized spacial score (nSPS) is 12.4. The molecule has 3 N–H and O–H groups in total. The van der Waals surface area contributed by atoms with Crippen LogP contribution in [0.4, 0.5) is 0 Å². The minimum Gasteiger partial charge on any atom is -0.508 e. The van der Waals surface area contributed by atoms with Gasteiger partial charge in [-0.25, -0.2) is 8.42 Å². The number of carbonyl (C=O) groups is 1. The van der Waals surface area contributed by atoms with Crippen molar-refractivity contribution in [2.45, 2.75) is 23.9 Å². The molecule has 4 aromatic rings. The van der Waals surface area contributed by atoms with E-state index in [1.165, 1.54) is 12.1 Å². The van der Waals surface area contributed by atoms with Crippen molar-refractivity contribution in [1.82, 2.24) is 10.0 Å². The lowest BCUT2D eigenvalue weighted by molar-refractivity contribution is -0.122. The number of rotatable bonds is 8. The molecule has 0 fully saturated rings. The molecule has 0 saturated heterocycles. The van der Waals surface area contributed by atoms with E-state index in [1.54, 1.807) is 30.3 Å². The van der Waals surface area contributed by atoms with Crippen LogP contribution < -0.4 is 10.0 Å². The van der Waals surface area contributed by atoms with Gasteiger partial charge in [0.1, 0.15) is 11.8 Å². The van der Waals surface area contributed by atoms with Crippen LogP contribution in [0.1, 0.15) is 11.1 Å². The van der Waals surface area contributed by atoms with Crippen molar-refractivity contribution in [3.8, 4) is 5.75 Å². The summed E-state index contributed by atoms with van der Waals surface area (Å²) in [4.78, 5) is 13.1. The van der Waals surface area contributed by atoms with E-state index in [-0.39, 0.29) is 23.6 Å². The van der Waals surface area contributed by atoms with Crippen molar-refractivity contribution >= 4 is 26.7 Å². The molecule has 0 aliphatic heterocycles. The average molecular weight is 461 g/mol. The van der Waals surface area contributed by atoms with E-state index in [0.29, 0.717) is 0 Å². The number of phenolic OH excluding ortho intramolecular Hbond substituents is 1. The molecule has 0 bridgehead atoms. The molecule has 168 valence electrons. The largest absolute Gasteiger partial charge is 0.508 e. The molecular formula is C26H24N2O4S. The molecule has 0 aliphatic rings. The Kier molecular flexibility index (Phi) is 6.72. The molecule has 0 aliphatic carbocycles. The predicted molar refractivity (Wildman–Crippen MR) is 128 cm³/mol. The SMILES string of the molecule is O=C(NCc1ccc(O)cc1)[C@H](Cc1ccccc1)NS(=O)(=O)c1ccc2ccccc2c1. The van der Waals surface area contributed by atoms with E-state index in [0.717, 1.165) is 21.9 Å². The molecule has 4 aromatic carbocycles. The van der Waals surface area contributed by atoms with Gasteiger partial charge >= 0.3 is 0 Å². The Hall–Kier alpha value is -3.68. The molecular weight excluding hydrogens is 436 g/mol. The van der Waals surface area contributed by atoms with Gasteiger partial charge in [-0.05, 0) is 52.6 Å². The minimum absolute atomic E-state index is 0.102. The van der Waals surface area contributed by atoms with Crippen LogP contribution in [0.15, 0.2) is 102 Å². The van der Waals surface area contributed by atoms with Crippen LogP contribution in [-0.2, 0) is 27.8 Å². The number of amides is 1. The topological polar surface area (TPSA) is 95.5 Å². The number of fused-ring (bicyclic) bond motifs is 1. The number of phenols is 1. The summed E-state index contributed by atoms with van der Waals surface area (Å²) >= 11 is 0. The predicted octanol–water partition coefficient (Wildman–Crippen LogP) is 3.75.